The fourth-order valence-electron chi connectivity index (χ4n) is 1.87. The lowest BCUT2D eigenvalue weighted by Gasteiger charge is -2.18. The van der Waals surface area contributed by atoms with Gasteiger partial charge in [0.2, 0.25) is 10.0 Å². The van der Waals surface area contributed by atoms with Crippen LogP contribution in [-0.4, -0.2) is 26.8 Å². The van der Waals surface area contributed by atoms with E-state index in [2.05, 4.69) is 0 Å². The topological polar surface area (TPSA) is 63.4 Å². The monoisotopic (exact) mass is 278 g/mol. The van der Waals surface area contributed by atoms with Gasteiger partial charge in [-0.2, -0.15) is 0 Å². The maximum atomic E-state index is 13.0. The van der Waals surface area contributed by atoms with Crippen LogP contribution < -0.4 is 10.0 Å². The first-order chi connectivity index (χ1) is 7.96. The molecule has 1 aromatic carbocycles. The number of rotatable bonds is 2. The fourth-order valence-corrected chi connectivity index (χ4v) is 3.82. The van der Waals surface area contributed by atoms with Gasteiger partial charge in [-0.1, -0.05) is 11.6 Å². The first-order valence-corrected chi connectivity index (χ1v) is 7.01. The quantitative estimate of drug-likeness (QED) is 0.888. The molecule has 0 aliphatic carbocycles. The summed E-state index contributed by atoms with van der Waals surface area (Å²) in [6.45, 7) is 0.444. The number of hydrogen-bond donors (Lipinski definition) is 1. The highest BCUT2D eigenvalue weighted by molar-refractivity contribution is 7.93. The molecule has 1 atom stereocenters. The number of nitrogens with two attached hydrogens (primary N) is 1. The second-order valence-corrected chi connectivity index (χ2v) is 6.41. The van der Waals surface area contributed by atoms with Crippen molar-refractivity contribution >= 4 is 27.3 Å². The average Bonchev–Trinajstić information content (AvgIpc) is 2.57. The van der Waals surface area contributed by atoms with Crippen molar-refractivity contribution in [3.05, 3.63) is 29.0 Å². The van der Waals surface area contributed by atoms with Gasteiger partial charge in [-0.25, -0.2) is 12.8 Å². The fraction of sp³-hybridized carbons (Fsp3) is 0.400. The molecule has 94 valence electrons. The van der Waals surface area contributed by atoms with Gasteiger partial charge in [-0.05, 0) is 24.6 Å². The summed E-state index contributed by atoms with van der Waals surface area (Å²) >= 11 is 5.63. The van der Waals surface area contributed by atoms with Gasteiger partial charge >= 0.3 is 0 Å². The molecule has 1 aliphatic heterocycles. The highest BCUT2D eigenvalue weighted by Gasteiger charge is 2.38. The maximum absolute atomic E-state index is 13.0. The van der Waals surface area contributed by atoms with E-state index < -0.39 is 21.1 Å². The largest absolute Gasteiger partial charge is 0.329 e. The Bertz CT molecular complexity index is 535. The first-order valence-electron chi connectivity index (χ1n) is 5.13. The smallest absolute Gasteiger partial charge is 0.239 e. The van der Waals surface area contributed by atoms with Gasteiger partial charge in [0.1, 0.15) is 5.82 Å². The van der Waals surface area contributed by atoms with Gasteiger partial charge < -0.3 is 5.73 Å². The number of hydrogen-bond acceptors (Lipinski definition) is 3. The van der Waals surface area contributed by atoms with Crippen LogP contribution in [-0.2, 0) is 10.0 Å². The van der Waals surface area contributed by atoms with Crippen LogP contribution in [0.5, 0.6) is 0 Å². The molecular weight excluding hydrogens is 267 g/mol. The van der Waals surface area contributed by atoms with E-state index in [1.165, 1.54) is 16.4 Å². The molecule has 0 amide bonds. The van der Waals surface area contributed by atoms with Crippen molar-refractivity contribution in [1.29, 1.82) is 0 Å². The summed E-state index contributed by atoms with van der Waals surface area (Å²) in [5.41, 5.74) is 5.79. The van der Waals surface area contributed by atoms with E-state index >= 15 is 0 Å². The first kappa shape index (κ1) is 12.6. The highest BCUT2D eigenvalue weighted by Crippen LogP contribution is 2.30. The molecule has 1 aliphatic rings. The molecule has 0 radical (unpaired) electrons. The summed E-state index contributed by atoms with van der Waals surface area (Å²) in [4.78, 5) is 0. The molecule has 1 saturated heterocycles. The predicted molar refractivity (Wildman–Crippen MR) is 65.1 cm³/mol. The van der Waals surface area contributed by atoms with Crippen LogP contribution in [0.4, 0.5) is 10.1 Å². The van der Waals surface area contributed by atoms with Crippen molar-refractivity contribution in [2.75, 3.05) is 17.4 Å². The predicted octanol–water partition coefficient (Wildman–Crippen LogP) is 1.35. The summed E-state index contributed by atoms with van der Waals surface area (Å²) in [5.74, 6) is -0.567. The standard InChI is InChI=1S/C10H12ClFN2O2S/c11-9-5-7(1-2-10(9)12)14-4-3-8(6-13)17(14,15)16/h1-2,5,8H,3-4,6,13H2. The molecule has 17 heavy (non-hydrogen) atoms. The Hall–Kier alpha value is -0.850. The van der Waals surface area contributed by atoms with Gasteiger partial charge in [-0.15, -0.1) is 0 Å². The molecular formula is C10H12ClFN2O2S. The van der Waals surface area contributed by atoms with E-state index in [9.17, 15) is 12.8 Å². The Balaban J connectivity index is 2.39. The zero-order valence-electron chi connectivity index (χ0n) is 8.94. The summed E-state index contributed by atoms with van der Waals surface area (Å²) in [6.07, 6.45) is 0.480. The van der Waals surface area contributed by atoms with Gasteiger partial charge in [-0.3, -0.25) is 4.31 Å². The number of benzene rings is 1. The molecule has 1 unspecified atom stereocenters. The summed E-state index contributed by atoms with van der Waals surface area (Å²) in [5, 5.41) is -0.653. The number of nitrogens with zero attached hydrogens (tertiary/aromatic N) is 1. The molecule has 1 heterocycles. The lowest BCUT2D eigenvalue weighted by atomic mass is 10.2. The molecule has 0 spiro atoms. The van der Waals surface area contributed by atoms with Crippen molar-refractivity contribution in [2.45, 2.75) is 11.7 Å². The van der Waals surface area contributed by atoms with E-state index in [1.54, 1.807) is 0 Å². The van der Waals surface area contributed by atoms with E-state index in [1.807, 2.05) is 0 Å². The molecule has 0 aromatic heterocycles. The minimum Gasteiger partial charge on any atom is -0.329 e. The van der Waals surface area contributed by atoms with Crippen LogP contribution in [0.3, 0.4) is 0 Å². The van der Waals surface area contributed by atoms with Crippen LogP contribution in [0.1, 0.15) is 6.42 Å². The minimum atomic E-state index is -3.43. The normalized spacial score (nSPS) is 23.0. The molecule has 2 N–H and O–H groups in total. The van der Waals surface area contributed by atoms with Gasteiger partial charge in [0, 0.05) is 13.1 Å². The van der Waals surface area contributed by atoms with Crippen LogP contribution in [0.2, 0.25) is 5.02 Å². The second-order valence-electron chi connectivity index (χ2n) is 3.86. The molecule has 4 nitrogen and oxygen atoms in total. The minimum absolute atomic E-state index is 0.0890. The van der Waals surface area contributed by atoms with Crippen molar-refractivity contribution in [1.82, 2.24) is 0 Å². The summed E-state index contributed by atoms with van der Waals surface area (Å²) in [7, 11) is -3.43. The van der Waals surface area contributed by atoms with Gasteiger partial charge in [0.15, 0.2) is 0 Å². The number of sulfonamides is 1. The number of halogens is 2. The van der Waals surface area contributed by atoms with Crippen molar-refractivity contribution in [3.63, 3.8) is 0 Å². The third-order valence-electron chi connectivity index (χ3n) is 2.84. The molecule has 7 heteroatoms. The van der Waals surface area contributed by atoms with Crippen molar-refractivity contribution in [2.24, 2.45) is 5.73 Å². The Kier molecular flexibility index (Phi) is 3.29. The average molecular weight is 279 g/mol. The van der Waals surface area contributed by atoms with Crippen molar-refractivity contribution < 1.29 is 12.8 Å². The SMILES string of the molecule is NCC1CCN(c2ccc(F)c(Cl)c2)S1(=O)=O. The van der Waals surface area contributed by atoms with Crippen molar-refractivity contribution in [3.8, 4) is 0 Å². The Labute approximate surface area is 104 Å². The molecule has 1 aromatic rings. The third kappa shape index (κ3) is 2.12. The van der Waals surface area contributed by atoms with E-state index in [-0.39, 0.29) is 11.6 Å². The number of anilines is 1. The zero-order chi connectivity index (χ0) is 12.6. The van der Waals surface area contributed by atoms with Crippen LogP contribution >= 0.6 is 11.6 Å². The van der Waals surface area contributed by atoms with Crippen LogP contribution in [0.25, 0.3) is 0 Å². The Morgan fingerprint density at radius 2 is 2.24 bits per heavy atom. The molecule has 0 saturated carbocycles. The summed E-state index contributed by atoms with van der Waals surface area (Å²) in [6, 6.07) is 3.87. The lowest BCUT2D eigenvalue weighted by molar-refractivity contribution is 0.588. The van der Waals surface area contributed by atoms with Crippen LogP contribution in [0.15, 0.2) is 18.2 Å². The summed E-state index contributed by atoms with van der Waals surface area (Å²) < 4.78 is 38.3. The van der Waals surface area contributed by atoms with E-state index in [0.717, 1.165) is 6.07 Å². The third-order valence-corrected chi connectivity index (χ3v) is 5.40. The Morgan fingerprint density at radius 1 is 1.53 bits per heavy atom. The molecule has 1 fully saturated rings. The molecule has 0 bridgehead atoms. The lowest BCUT2D eigenvalue weighted by Crippen LogP contribution is -2.33. The zero-order valence-corrected chi connectivity index (χ0v) is 10.5. The Morgan fingerprint density at radius 3 is 2.76 bits per heavy atom. The van der Waals surface area contributed by atoms with Crippen LogP contribution in [0, 0.1) is 5.82 Å². The highest BCUT2D eigenvalue weighted by atomic mass is 35.5. The van der Waals surface area contributed by atoms with Gasteiger partial charge in [0.25, 0.3) is 0 Å². The molecule has 2 rings (SSSR count). The van der Waals surface area contributed by atoms with Gasteiger partial charge in [0.05, 0.1) is 16.0 Å². The van der Waals surface area contributed by atoms with E-state index in [0.29, 0.717) is 18.7 Å². The maximum Gasteiger partial charge on any atom is 0.239 e. The second kappa shape index (κ2) is 4.44. The van der Waals surface area contributed by atoms with E-state index in [4.69, 9.17) is 17.3 Å².